The minimum Gasteiger partial charge on any atom is -0.490 e. The third-order valence-electron chi connectivity index (χ3n) is 5.29. The molecule has 1 aliphatic heterocycles. The van der Waals surface area contributed by atoms with Crippen LogP contribution in [0.15, 0.2) is 24.3 Å². The van der Waals surface area contributed by atoms with Crippen molar-refractivity contribution in [1.29, 1.82) is 0 Å². The maximum Gasteiger partial charge on any atom is 0.163 e. The van der Waals surface area contributed by atoms with Crippen molar-refractivity contribution in [3.05, 3.63) is 46.8 Å². The van der Waals surface area contributed by atoms with Gasteiger partial charge in [-0.2, -0.15) is 0 Å². The number of aromatic nitrogens is 2. The van der Waals surface area contributed by atoms with Crippen molar-refractivity contribution in [2.24, 2.45) is 0 Å². The van der Waals surface area contributed by atoms with Crippen LogP contribution in [0.1, 0.15) is 22.5 Å². The number of aliphatic hydroxyl groups excluding tert-OH is 1. The summed E-state index contributed by atoms with van der Waals surface area (Å²) in [6.07, 6.45) is -0.663. The third kappa shape index (κ3) is 3.40. The van der Waals surface area contributed by atoms with Crippen LogP contribution in [0, 0.1) is 27.7 Å². The van der Waals surface area contributed by atoms with Crippen molar-refractivity contribution < 1.29 is 19.3 Å². The van der Waals surface area contributed by atoms with Crippen molar-refractivity contribution in [3.8, 4) is 17.2 Å². The summed E-state index contributed by atoms with van der Waals surface area (Å²) in [5, 5.41) is 10.6. The molecule has 0 fully saturated rings. The Labute approximate surface area is 164 Å². The van der Waals surface area contributed by atoms with Crippen molar-refractivity contribution in [2.45, 2.75) is 40.3 Å². The van der Waals surface area contributed by atoms with Crippen LogP contribution in [0.25, 0.3) is 11.0 Å². The molecule has 148 valence electrons. The van der Waals surface area contributed by atoms with Gasteiger partial charge >= 0.3 is 0 Å². The summed E-state index contributed by atoms with van der Waals surface area (Å²) in [7, 11) is 0. The molecule has 2 aromatic carbocycles. The van der Waals surface area contributed by atoms with Gasteiger partial charge in [-0.15, -0.1) is 0 Å². The number of hydrogen-bond donors (Lipinski definition) is 1. The number of hydrogen-bond acceptors (Lipinski definition) is 5. The Morgan fingerprint density at radius 2 is 1.75 bits per heavy atom. The van der Waals surface area contributed by atoms with Crippen molar-refractivity contribution >= 4 is 11.0 Å². The maximum absolute atomic E-state index is 10.6. The highest BCUT2D eigenvalue weighted by Gasteiger charge is 2.19. The molecule has 1 aliphatic rings. The first-order chi connectivity index (χ1) is 13.4. The minimum atomic E-state index is -0.663. The summed E-state index contributed by atoms with van der Waals surface area (Å²) in [5.74, 6) is 3.12. The van der Waals surface area contributed by atoms with E-state index in [1.54, 1.807) is 0 Å². The second kappa shape index (κ2) is 7.36. The molecule has 0 saturated heterocycles. The van der Waals surface area contributed by atoms with E-state index in [-0.39, 0.29) is 6.61 Å². The summed E-state index contributed by atoms with van der Waals surface area (Å²) in [6.45, 7) is 9.76. The van der Waals surface area contributed by atoms with Gasteiger partial charge in [-0.05, 0) is 44.4 Å². The zero-order valence-corrected chi connectivity index (χ0v) is 16.8. The van der Waals surface area contributed by atoms with E-state index in [1.165, 1.54) is 5.56 Å². The fourth-order valence-corrected chi connectivity index (χ4v) is 3.60. The number of benzene rings is 2. The van der Waals surface area contributed by atoms with E-state index in [1.807, 2.05) is 43.5 Å². The molecule has 1 atom stereocenters. The molecule has 1 N–H and O–H groups in total. The zero-order chi connectivity index (χ0) is 19.8. The molecule has 3 aromatic rings. The predicted molar refractivity (Wildman–Crippen MR) is 108 cm³/mol. The van der Waals surface area contributed by atoms with Gasteiger partial charge in [0.2, 0.25) is 0 Å². The average Bonchev–Trinajstić information content (AvgIpc) is 2.97. The van der Waals surface area contributed by atoms with Gasteiger partial charge in [0.15, 0.2) is 11.5 Å². The lowest BCUT2D eigenvalue weighted by molar-refractivity contribution is 0.0922. The summed E-state index contributed by atoms with van der Waals surface area (Å²) in [4.78, 5) is 4.61. The van der Waals surface area contributed by atoms with Gasteiger partial charge in [0, 0.05) is 12.1 Å². The van der Waals surface area contributed by atoms with E-state index >= 15 is 0 Å². The fourth-order valence-electron chi connectivity index (χ4n) is 3.60. The second-order valence-corrected chi connectivity index (χ2v) is 7.37. The standard InChI is InChI=1S/C22H26N2O4/c1-13-5-6-14(2)22(15(13)3)28-12-17(25)11-24-16(4)23-18-9-20-21(10-19(18)24)27-8-7-26-20/h5-6,9-10,17,25H,7-8,11-12H2,1-4H3. The van der Waals surface area contributed by atoms with Gasteiger partial charge < -0.3 is 23.9 Å². The SMILES string of the molecule is Cc1ccc(C)c(OCC(O)Cn2c(C)nc3cc4c(cc32)OCCO4)c1C. The highest BCUT2D eigenvalue weighted by Crippen LogP contribution is 2.35. The van der Waals surface area contributed by atoms with Gasteiger partial charge in [0.25, 0.3) is 0 Å². The zero-order valence-electron chi connectivity index (χ0n) is 16.8. The van der Waals surface area contributed by atoms with Crippen molar-refractivity contribution in [3.63, 3.8) is 0 Å². The Balaban J connectivity index is 1.53. The van der Waals surface area contributed by atoms with Crippen LogP contribution in [-0.2, 0) is 6.54 Å². The number of aryl methyl sites for hydroxylation is 3. The molecule has 1 aromatic heterocycles. The first-order valence-corrected chi connectivity index (χ1v) is 9.58. The van der Waals surface area contributed by atoms with Crippen molar-refractivity contribution in [2.75, 3.05) is 19.8 Å². The van der Waals surface area contributed by atoms with E-state index in [2.05, 4.69) is 18.0 Å². The molecule has 0 radical (unpaired) electrons. The van der Waals surface area contributed by atoms with Gasteiger partial charge in [0.05, 0.1) is 17.6 Å². The van der Waals surface area contributed by atoms with Gasteiger partial charge in [-0.3, -0.25) is 0 Å². The Bertz CT molecular complexity index is 1030. The number of rotatable bonds is 5. The summed E-state index contributed by atoms with van der Waals surface area (Å²) in [5.41, 5.74) is 5.12. The number of fused-ring (bicyclic) bond motifs is 2. The topological polar surface area (TPSA) is 65.7 Å². The highest BCUT2D eigenvalue weighted by molar-refractivity contribution is 5.80. The molecular weight excluding hydrogens is 356 g/mol. The van der Waals surface area contributed by atoms with Crippen LogP contribution in [0.5, 0.6) is 17.2 Å². The van der Waals surface area contributed by atoms with E-state index in [4.69, 9.17) is 14.2 Å². The number of imidazole rings is 1. The normalized spacial score (nSPS) is 14.3. The Morgan fingerprint density at radius 1 is 1.07 bits per heavy atom. The fraction of sp³-hybridized carbons (Fsp3) is 0.409. The van der Waals surface area contributed by atoms with Crippen LogP contribution >= 0.6 is 0 Å². The monoisotopic (exact) mass is 382 g/mol. The second-order valence-electron chi connectivity index (χ2n) is 7.37. The van der Waals surface area contributed by atoms with Gasteiger partial charge in [0.1, 0.15) is 37.5 Å². The molecule has 0 bridgehead atoms. The van der Waals surface area contributed by atoms with Crippen LogP contribution < -0.4 is 14.2 Å². The maximum atomic E-state index is 10.6. The predicted octanol–water partition coefficient (Wildman–Crippen LogP) is 3.48. The largest absolute Gasteiger partial charge is 0.490 e. The summed E-state index contributed by atoms with van der Waals surface area (Å²) < 4.78 is 19.3. The van der Waals surface area contributed by atoms with Crippen LogP contribution in [0.3, 0.4) is 0 Å². The Morgan fingerprint density at radius 3 is 2.50 bits per heavy atom. The molecule has 6 heteroatoms. The molecule has 1 unspecified atom stereocenters. The third-order valence-corrected chi connectivity index (χ3v) is 5.29. The smallest absolute Gasteiger partial charge is 0.163 e. The van der Waals surface area contributed by atoms with E-state index in [0.717, 1.165) is 45.2 Å². The molecule has 2 heterocycles. The molecule has 0 spiro atoms. The molecule has 0 amide bonds. The highest BCUT2D eigenvalue weighted by atomic mass is 16.6. The van der Waals surface area contributed by atoms with Gasteiger partial charge in [-0.1, -0.05) is 12.1 Å². The number of nitrogens with zero attached hydrogens (tertiary/aromatic N) is 2. The quantitative estimate of drug-likeness (QED) is 0.732. The lowest BCUT2D eigenvalue weighted by Gasteiger charge is -2.19. The van der Waals surface area contributed by atoms with Crippen molar-refractivity contribution in [1.82, 2.24) is 9.55 Å². The summed E-state index contributed by atoms with van der Waals surface area (Å²) >= 11 is 0. The Kier molecular flexibility index (Phi) is 4.89. The molecule has 28 heavy (non-hydrogen) atoms. The minimum absolute atomic E-state index is 0.217. The van der Waals surface area contributed by atoms with E-state index in [9.17, 15) is 5.11 Å². The number of aliphatic hydroxyl groups is 1. The van der Waals surface area contributed by atoms with Crippen LogP contribution in [0.4, 0.5) is 0 Å². The average molecular weight is 382 g/mol. The lowest BCUT2D eigenvalue weighted by atomic mass is 10.1. The molecular formula is C22H26N2O4. The molecule has 0 saturated carbocycles. The molecule has 6 nitrogen and oxygen atoms in total. The summed E-state index contributed by atoms with van der Waals surface area (Å²) in [6, 6.07) is 7.96. The van der Waals surface area contributed by atoms with Gasteiger partial charge in [-0.25, -0.2) is 4.98 Å². The first kappa shape index (κ1) is 18.6. The lowest BCUT2D eigenvalue weighted by Crippen LogP contribution is -2.24. The number of ether oxygens (including phenoxy) is 3. The first-order valence-electron chi connectivity index (χ1n) is 9.58. The van der Waals surface area contributed by atoms with Crippen LogP contribution in [0.2, 0.25) is 0 Å². The van der Waals surface area contributed by atoms with Crippen LogP contribution in [-0.4, -0.2) is 40.6 Å². The molecule has 4 rings (SSSR count). The molecule has 0 aliphatic carbocycles. The van der Waals surface area contributed by atoms with E-state index < -0.39 is 6.10 Å². The Hall–Kier alpha value is -2.73. The van der Waals surface area contributed by atoms with E-state index in [0.29, 0.717) is 19.8 Å².